The number of morpholine rings is 1. The van der Waals surface area contributed by atoms with E-state index in [4.69, 9.17) is 21.4 Å². The molecule has 3 rings (SSSR count). The zero-order valence-corrected chi connectivity index (χ0v) is 13.5. The average Bonchev–Trinajstić information content (AvgIpc) is 3.05. The molecule has 5 nitrogen and oxygen atoms in total. The van der Waals surface area contributed by atoms with Crippen molar-refractivity contribution in [3.8, 4) is 0 Å². The molecule has 1 amide bonds. The van der Waals surface area contributed by atoms with E-state index >= 15 is 0 Å². The number of benzene rings is 1. The van der Waals surface area contributed by atoms with Crippen molar-refractivity contribution in [2.75, 3.05) is 19.7 Å². The standard InChI is InChI=1S/C17H20ClNO4/c18-14-5-3-11(4-6-14)15-10-19(7-8-23-15)16(20)12-1-2-13(9-12)17(21)22/h3-6,12-13,15H,1-2,7-10H2,(H,21,22)/t12-,13+,15?/m0/s1. The van der Waals surface area contributed by atoms with E-state index in [0.717, 1.165) is 5.56 Å². The SMILES string of the molecule is O=C(O)[C@@H]1CC[C@H](C(=O)N2CCOC(c3ccc(Cl)cc3)C2)C1. The number of nitrogens with zero attached hydrogens (tertiary/aromatic N) is 1. The molecule has 1 saturated heterocycles. The van der Waals surface area contributed by atoms with Gasteiger partial charge in [-0.1, -0.05) is 23.7 Å². The number of halogens is 1. The third kappa shape index (κ3) is 3.67. The molecular formula is C17H20ClNO4. The predicted octanol–water partition coefficient (Wildman–Crippen LogP) is 2.74. The van der Waals surface area contributed by atoms with Gasteiger partial charge < -0.3 is 14.7 Å². The van der Waals surface area contributed by atoms with Crippen LogP contribution in [0.3, 0.4) is 0 Å². The first-order chi connectivity index (χ1) is 11.0. The number of ether oxygens (including phenoxy) is 1. The lowest BCUT2D eigenvalue weighted by atomic mass is 10.0. The van der Waals surface area contributed by atoms with Crippen LogP contribution in [0.2, 0.25) is 5.02 Å². The molecule has 2 fully saturated rings. The van der Waals surface area contributed by atoms with Gasteiger partial charge in [-0.15, -0.1) is 0 Å². The molecule has 3 atom stereocenters. The summed E-state index contributed by atoms with van der Waals surface area (Å²) in [5.41, 5.74) is 1.00. The molecular weight excluding hydrogens is 318 g/mol. The van der Waals surface area contributed by atoms with Crippen LogP contribution in [0.1, 0.15) is 30.9 Å². The van der Waals surface area contributed by atoms with Crippen molar-refractivity contribution in [3.63, 3.8) is 0 Å². The highest BCUT2D eigenvalue weighted by Gasteiger charge is 2.37. The fourth-order valence-electron chi connectivity index (χ4n) is 3.42. The van der Waals surface area contributed by atoms with Crippen molar-refractivity contribution in [1.82, 2.24) is 4.90 Å². The van der Waals surface area contributed by atoms with Gasteiger partial charge in [-0.25, -0.2) is 0 Å². The molecule has 0 aromatic heterocycles. The number of aliphatic carboxylic acids is 1. The quantitative estimate of drug-likeness (QED) is 0.921. The Morgan fingerprint density at radius 3 is 2.52 bits per heavy atom. The third-order valence-corrected chi connectivity index (χ3v) is 5.00. The lowest BCUT2D eigenvalue weighted by Gasteiger charge is -2.34. The molecule has 1 unspecified atom stereocenters. The zero-order valence-electron chi connectivity index (χ0n) is 12.8. The molecule has 0 bridgehead atoms. The Morgan fingerprint density at radius 2 is 1.87 bits per heavy atom. The number of amides is 1. The smallest absolute Gasteiger partial charge is 0.306 e. The molecule has 1 saturated carbocycles. The minimum atomic E-state index is -0.790. The maximum absolute atomic E-state index is 12.7. The number of carbonyl (C=O) groups is 2. The van der Waals surface area contributed by atoms with Crippen LogP contribution in [0.15, 0.2) is 24.3 Å². The Kier molecular flexibility index (Phi) is 4.87. The lowest BCUT2D eigenvalue weighted by molar-refractivity contribution is -0.144. The second-order valence-corrected chi connectivity index (χ2v) is 6.68. The number of carboxylic acids is 1. The number of carboxylic acid groups (broad SMARTS) is 1. The maximum atomic E-state index is 12.7. The number of hydrogen-bond acceptors (Lipinski definition) is 3. The van der Waals surface area contributed by atoms with Crippen molar-refractivity contribution in [3.05, 3.63) is 34.9 Å². The van der Waals surface area contributed by atoms with E-state index in [1.807, 2.05) is 29.2 Å². The molecule has 23 heavy (non-hydrogen) atoms. The van der Waals surface area contributed by atoms with Crippen molar-refractivity contribution < 1.29 is 19.4 Å². The van der Waals surface area contributed by atoms with E-state index in [2.05, 4.69) is 0 Å². The maximum Gasteiger partial charge on any atom is 0.306 e. The van der Waals surface area contributed by atoms with Crippen LogP contribution in [0.25, 0.3) is 0 Å². The minimum absolute atomic E-state index is 0.0658. The molecule has 2 aliphatic rings. The topological polar surface area (TPSA) is 66.8 Å². The Labute approximate surface area is 140 Å². The minimum Gasteiger partial charge on any atom is -0.481 e. The van der Waals surface area contributed by atoms with Crippen molar-refractivity contribution in [2.24, 2.45) is 11.8 Å². The number of hydrogen-bond donors (Lipinski definition) is 1. The molecule has 1 N–H and O–H groups in total. The molecule has 6 heteroatoms. The first-order valence-corrected chi connectivity index (χ1v) is 8.31. The molecule has 0 radical (unpaired) electrons. The van der Waals surface area contributed by atoms with E-state index in [1.54, 1.807) is 0 Å². The van der Waals surface area contributed by atoms with Crippen molar-refractivity contribution in [2.45, 2.75) is 25.4 Å². The van der Waals surface area contributed by atoms with Gasteiger partial charge in [0, 0.05) is 17.5 Å². The van der Waals surface area contributed by atoms with Crippen LogP contribution < -0.4 is 0 Å². The van der Waals surface area contributed by atoms with Crippen LogP contribution >= 0.6 is 11.6 Å². The summed E-state index contributed by atoms with van der Waals surface area (Å²) in [5, 5.41) is 9.75. The van der Waals surface area contributed by atoms with Gasteiger partial charge in [0.1, 0.15) is 6.10 Å². The van der Waals surface area contributed by atoms with Gasteiger partial charge in [-0.05, 0) is 37.0 Å². The van der Waals surface area contributed by atoms with E-state index in [-0.39, 0.29) is 23.8 Å². The van der Waals surface area contributed by atoms with Crippen molar-refractivity contribution >= 4 is 23.5 Å². The third-order valence-electron chi connectivity index (χ3n) is 4.75. The van der Waals surface area contributed by atoms with E-state index in [0.29, 0.717) is 44.0 Å². The predicted molar refractivity (Wildman–Crippen MR) is 85.2 cm³/mol. The Morgan fingerprint density at radius 1 is 1.17 bits per heavy atom. The Balaban J connectivity index is 1.63. The van der Waals surface area contributed by atoms with E-state index < -0.39 is 5.97 Å². The molecule has 1 aliphatic carbocycles. The summed E-state index contributed by atoms with van der Waals surface area (Å²) in [4.78, 5) is 25.5. The van der Waals surface area contributed by atoms with E-state index in [1.165, 1.54) is 0 Å². The fourth-order valence-corrected chi connectivity index (χ4v) is 3.54. The van der Waals surface area contributed by atoms with Gasteiger partial charge in [0.05, 0.1) is 19.1 Å². The second kappa shape index (κ2) is 6.89. The molecule has 1 aliphatic heterocycles. The van der Waals surface area contributed by atoms with Crippen LogP contribution in [0, 0.1) is 11.8 Å². The van der Waals surface area contributed by atoms with Gasteiger partial charge in [0.15, 0.2) is 0 Å². The fraction of sp³-hybridized carbons (Fsp3) is 0.529. The summed E-state index contributed by atoms with van der Waals surface area (Å²) < 4.78 is 5.78. The van der Waals surface area contributed by atoms with Gasteiger partial charge >= 0.3 is 5.97 Å². The van der Waals surface area contributed by atoms with Gasteiger partial charge in [0.25, 0.3) is 0 Å². The van der Waals surface area contributed by atoms with E-state index in [9.17, 15) is 9.59 Å². The molecule has 124 valence electrons. The Bertz CT molecular complexity index is 589. The highest BCUT2D eigenvalue weighted by molar-refractivity contribution is 6.30. The molecule has 1 aromatic rings. The molecule has 0 spiro atoms. The Hall–Kier alpha value is -1.59. The lowest BCUT2D eigenvalue weighted by Crippen LogP contribution is -2.44. The summed E-state index contributed by atoms with van der Waals surface area (Å²) in [7, 11) is 0. The average molecular weight is 338 g/mol. The van der Waals surface area contributed by atoms with Gasteiger partial charge in [-0.2, -0.15) is 0 Å². The van der Waals surface area contributed by atoms with Crippen LogP contribution in [0.5, 0.6) is 0 Å². The highest BCUT2D eigenvalue weighted by Crippen LogP contribution is 2.33. The summed E-state index contributed by atoms with van der Waals surface area (Å²) in [6.45, 7) is 1.57. The number of rotatable bonds is 3. The van der Waals surface area contributed by atoms with Crippen molar-refractivity contribution in [1.29, 1.82) is 0 Å². The largest absolute Gasteiger partial charge is 0.481 e. The van der Waals surface area contributed by atoms with Crippen LogP contribution in [0.4, 0.5) is 0 Å². The summed E-state index contributed by atoms with van der Waals surface area (Å²) >= 11 is 5.90. The first kappa shape index (κ1) is 16.3. The summed E-state index contributed by atoms with van der Waals surface area (Å²) in [5.74, 6) is -1.27. The molecule has 1 aromatic carbocycles. The second-order valence-electron chi connectivity index (χ2n) is 6.24. The van der Waals surface area contributed by atoms with Gasteiger partial charge in [0.2, 0.25) is 5.91 Å². The van der Waals surface area contributed by atoms with Gasteiger partial charge in [-0.3, -0.25) is 9.59 Å². The zero-order chi connectivity index (χ0) is 16.4. The van der Waals surface area contributed by atoms with Crippen LogP contribution in [-0.4, -0.2) is 41.6 Å². The van der Waals surface area contributed by atoms with Crippen LogP contribution in [-0.2, 0) is 14.3 Å². The normalized spacial score (nSPS) is 27.9. The summed E-state index contributed by atoms with van der Waals surface area (Å²) in [6.07, 6.45) is 1.56. The molecule has 1 heterocycles. The first-order valence-electron chi connectivity index (χ1n) is 7.93. The summed E-state index contributed by atoms with van der Waals surface area (Å²) in [6, 6.07) is 7.46. The highest BCUT2D eigenvalue weighted by atomic mass is 35.5. The number of carbonyl (C=O) groups excluding carboxylic acids is 1. The monoisotopic (exact) mass is 337 g/mol.